The second-order valence-electron chi connectivity index (χ2n) is 10.7. The molecule has 13 heteroatoms. The molecular weight excluding hydrogens is 582 g/mol. The number of para-hydroxylation sites is 1. The lowest BCUT2D eigenvalue weighted by Gasteiger charge is -2.36. The number of halogens is 4. The molecule has 3 aromatic carbocycles. The van der Waals surface area contributed by atoms with E-state index in [1.165, 1.54) is 24.3 Å². The first kappa shape index (κ1) is 30.5. The molecule has 230 valence electrons. The fourth-order valence-electron chi connectivity index (χ4n) is 5.44. The van der Waals surface area contributed by atoms with E-state index in [1.54, 1.807) is 24.3 Å². The number of amides is 2. The number of fused-ring (bicyclic) bond motifs is 1. The molecule has 0 spiro atoms. The van der Waals surface area contributed by atoms with Crippen LogP contribution < -0.4 is 15.5 Å². The van der Waals surface area contributed by atoms with Crippen LogP contribution in [0, 0.1) is 5.82 Å². The second-order valence-corrected chi connectivity index (χ2v) is 10.7. The molecule has 2 heterocycles. The van der Waals surface area contributed by atoms with Gasteiger partial charge in [0.05, 0.1) is 23.3 Å². The minimum absolute atomic E-state index is 0.0689. The highest BCUT2D eigenvalue weighted by Gasteiger charge is 2.31. The summed E-state index contributed by atoms with van der Waals surface area (Å²) in [6.45, 7) is 1.35. The van der Waals surface area contributed by atoms with Gasteiger partial charge >= 0.3 is 12.1 Å². The van der Waals surface area contributed by atoms with Crippen LogP contribution in [0.1, 0.15) is 52.6 Å². The van der Waals surface area contributed by atoms with Gasteiger partial charge in [-0.2, -0.15) is 18.3 Å². The van der Waals surface area contributed by atoms with Gasteiger partial charge in [0.15, 0.2) is 5.69 Å². The summed E-state index contributed by atoms with van der Waals surface area (Å²) in [6.07, 6.45) is -2.24. The number of nitrogens with one attached hydrogen (secondary N) is 2. The molecule has 9 nitrogen and oxygen atoms in total. The standard InChI is InChI=1S/C31H29F4N5O4/c1-18-6-4-5-13-39(18)26-12-9-19(29(43)36-23-11-10-21(32)14-20(23)16-27(41)42)15-24(26)37-30(44)28-22-7-2-3-8-25(22)40(38-28)17-31(33,34)35/h2-3,7-12,14-15,18H,4-6,13,16-17H2,1H3,(H,36,43)(H,37,44)(H,41,42)/t18-/m1/s1. The van der Waals surface area contributed by atoms with Crippen molar-refractivity contribution in [1.29, 1.82) is 0 Å². The first-order chi connectivity index (χ1) is 20.9. The quantitative estimate of drug-likeness (QED) is 0.203. The van der Waals surface area contributed by atoms with Crippen LogP contribution in [0.15, 0.2) is 60.7 Å². The van der Waals surface area contributed by atoms with E-state index in [2.05, 4.69) is 20.6 Å². The van der Waals surface area contributed by atoms with E-state index in [-0.39, 0.29) is 45.1 Å². The number of nitrogens with zero attached hydrogens (tertiary/aromatic N) is 3. The first-order valence-corrected chi connectivity index (χ1v) is 14.0. The maximum absolute atomic E-state index is 13.8. The van der Waals surface area contributed by atoms with Crippen LogP contribution in [-0.4, -0.2) is 51.4 Å². The predicted molar refractivity (Wildman–Crippen MR) is 157 cm³/mol. The summed E-state index contributed by atoms with van der Waals surface area (Å²) in [4.78, 5) is 40.3. The summed E-state index contributed by atoms with van der Waals surface area (Å²) in [7, 11) is 0. The van der Waals surface area contributed by atoms with Gasteiger partial charge in [-0.15, -0.1) is 0 Å². The molecule has 4 aromatic rings. The number of carbonyl (C=O) groups excluding carboxylic acids is 2. The summed E-state index contributed by atoms with van der Waals surface area (Å²) in [6, 6.07) is 14.3. The monoisotopic (exact) mass is 611 g/mol. The average Bonchev–Trinajstić information content (AvgIpc) is 3.31. The fraction of sp³-hybridized carbons (Fsp3) is 0.290. The number of carboxylic acid groups (broad SMARTS) is 1. The third-order valence-corrected chi connectivity index (χ3v) is 7.48. The lowest BCUT2D eigenvalue weighted by Crippen LogP contribution is -2.38. The zero-order chi connectivity index (χ0) is 31.6. The minimum Gasteiger partial charge on any atom is -0.481 e. The highest BCUT2D eigenvalue weighted by molar-refractivity contribution is 6.13. The van der Waals surface area contributed by atoms with Crippen molar-refractivity contribution in [2.75, 3.05) is 22.1 Å². The van der Waals surface area contributed by atoms with Gasteiger partial charge in [-0.3, -0.25) is 19.1 Å². The lowest BCUT2D eigenvalue weighted by atomic mass is 10.0. The average molecular weight is 612 g/mol. The number of aliphatic carboxylic acids is 1. The Morgan fingerprint density at radius 1 is 0.977 bits per heavy atom. The molecule has 0 saturated carbocycles. The second kappa shape index (κ2) is 12.3. The number of alkyl halides is 3. The van der Waals surface area contributed by atoms with Gasteiger partial charge < -0.3 is 20.6 Å². The zero-order valence-corrected chi connectivity index (χ0v) is 23.6. The summed E-state index contributed by atoms with van der Waals surface area (Å²) in [5, 5.41) is 18.8. The normalized spacial score (nSPS) is 15.3. The van der Waals surface area contributed by atoms with Crippen molar-refractivity contribution in [2.24, 2.45) is 0 Å². The Kier molecular flexibility index (Phi) is 8.56. The van der Waals surface area contributed by atoms with Gasteiger partial charge in [-0.1, -0.05) is 18.2 Å². The summed E-state index contributed by atoms with van der Waals surface area (Å²) in [5.74, 6) is -3.26. The van der Waals surface area contributed by atoms with Crippen molar-refractivity contribution in [3.8, 4) is 0 Å². The van der Waals surface area contributed by atoms with Crippen LogP contribution in [0.3, 0.4) is 0 Å². The minimum atomic E-state index is -4.56. The molecule has 0 bridgehead atoms. The van der Waals surface area contributed by atoms with Crippen LogP contribution in [0.25, 0.3) is 10.9 Å². The zero-order valence-electron chi connectivity index (χ0n) is 23.6. The number of hydrogen-bond acceptors (Lipinski definition) is 5. The highest BCUT2D eigenvalue weighted by atomic mass is 19.4. The van der Waals surface area contributed by atoms with Crippen molar-refractivity contribution >= 4 is 45.7 Å². The number of hydrogen-bond donors (Lipinski definition) is 3. The van der Waals surface area contributed by atoms with E-state index in [9.17, 15) is 37.1 Å². The van der Waals surface area contributed by atoms with Crippen molar-refractivity contribution in [2.45, 2.75) is 51.4 Å². The largest absolute Gasteiger partial charge is 0.481 e. The van der Waals surface area contributed by atoms with E-state index in [0.717, 1.165) is 36.1 Å². The van der Waals surface area contributed by atoms with Gasteiger partial charge in [-0.25, -0.2) is 4.39 Å². The van der Waals surface area contributed by atoms with Crippen molar-refractivity contribution in [3.05, 3.63) is 83.3 Å². The Morgan fingerprint density at radius 2 is 1.73 bits per heavy atom. The van der Waals surface area contributed by atoms with Crippen LogP contribution >= 0.6 is 0 Å². The highest BCUT2D eigenvalue weighted by Crippen LogP contribution is 2.34. The Balaban J connectivity index is 1.50. The number of aromatic nitrogens is 2. The molecule has 1 fully saturated rings. The molecule has 1 saturated heterocycles. The molecule has 2 amide bonds. The number of carbonyl (C=O) groups is 3. The number of carboxylic acids is 1. The molecule has 1 aliphatic rings. The van der Waals surface area contributed by atoms with Crippen LogP contribution in [0.5, 0.6) is 0 Å². The third kappa shape index (κ3) is 6.82. The Labute approximate surface area is 249 Å². The molecule has 44 heavy (non-hydrogen) atoms. The van der Waals surface area contributed by atoms with E-state index in [4.69, 9.17) is 0 Å². The van der Waals surface area contributed by atoms with E-state index >= 15 is 0 Å². The van der Waals surface area contributed by atoms with Crippen molar-refractivity contribution in [3.63, 3.8) is 0 Å². The number of piperidine rings is 1. The predicted octanol–water partition coefficient (Wildman–Crippen LogP) is 6.25. The van der Waals surface area contributed by atoms with Crippen LogP contribution in [-0.2, 0) is 17.8 Å². The lowest BCUT2D eigenvalue weighted by molar-refractivity contribution is -0.142. The van der Waals surface area contributed by atoms with Gasteiger partial charge in [0, 0.05) is 29.2 Å². The molecular formula is C31H29F4N5O4. The van der Waals surface area contributed by atoms with Gasteiger partial charge in [0.25, 0.3) is 11.8 Å². The Bertz CT molecular complexity index is 1740. The van der Waals surface area contributed by atoms with Gasteiger partial charge in [0.2, 0.25) is 0 Å². The van der Waals surface area contributed by atoms with E-state index < -0.39 is 42.7 Å². The van der Waals surface area contributed by atoms with Crippen molar-refractivity contribution in [1.82, 2.24) is 9.78 Å². The third-order valence-electron chi connectivity index (χ3n) is 7.48. The van der Waals surface area contributed by atoms with Crippen LogP contribution in [0.2, 0.25) is 0 Å². The summed E-state index contributed by atoms with van der Waals surface area (Å²) in [5.41, 5.74) is 1.09. The molecule has 1 aliphatic heterocycles. The number of benzene rings is 3. The maximum atomic E-state index is 13.8. The molecule has 5 rings (SSSR count). The molecule has 1 atom stereocenters. The van der Waals surface area contributed by atoms with E-state index in [0.29, 0.717) is 12.2 Å². The smallest absolute Gasteiger partial charge is 0.408 e. The first-order valence-electron chi connectivity index (χ1n) is 14.0. The summed E-state index contributed by atoms with van der Waals surface area (Å²) < 4.78 is 54.3. The van der Waals surface area contributed by atoms with E-state index in [1.807, 2.05) is 6.92 Å². The van der Waals surface area contributed by atoms with Crippen molar-refractivity contribution < 1.29 is 37.1 Å². The topological polar surface area (TPSA) is 117 Å². The summed E-state index contributed by atoms with van der Waals surface area (Å²) >= 11 is 0. The number of anilines is 3. The maximum Gasteiger partial charge on any atom is 0.408 e. The number of rotatable bonds is 8. The SMILES string of the molecule is C[C@@H]1CCCCN1c1ccc(C(=O)Nc2ccc(F)cc2CC(=O)O)cc1NC(=O)c1nn(CC(F)(F)F)c2ccccc12. The molecule has 0 aliphatic carbocycles. The van der Waals surface area contributed by atoms with Gasteiger partial charge in [-0.05, 0) is 74.2 Å². The molecule has 1 aromatic heterocycles. The molecule has 0 unspecified atom stereocenters. The Morgan fingerprint density at radius 3 is 2.45 bits per heavy atom. The molecule has 3 N–H and O–H groups in total. The van der Waals surface area contributed by atoms with Crippen LogP contribution in [0.4, 0.5) is 34.6 Å². The fourth-order valence-corrected chi connectivity index (χ4v) is 5.44. The van der Waals surface area contributed by atoms with Gasteiger partial charge in [0.1, 0.15) is 12.4 Å². The Hall–Kier alpha value is -4.94. The molecule has 0 radical (unpaired) electrons.